The van der Waals surface area contributed by atoms with Crippen molar-refractivity contribution in [1.29, 1.82) is 0 Å². The Morgan fingerprint density at radius 3 is 2.61 bits per heavy atom. The zero-order valence-corrected chi connectivity index (χ0v) is 16.7. The molecule has 0 aromatic rings. The third-order valence-electron chi connectivity index (χ3n) is 6.50. The Hall–Kier alpha value is -1.89. The van der Waals surface area contributed by atoms with E-state index < -0.39 is 0 Å². The van der Waals surface area contributed by atoms with Crippen LogP contribution in [0.2, 0.25) is 0 Å². The highest BCUT2D eigenvalue weighted by Gasteiger charge is 2.58. The highest BCUT2D eigenvalue weighted by atomic mass is 16.5. The standard InChI is InChI=1S/C21H32N4O3/c1-2-22-21(24-10-8-16-5-3-12-28-16)23-9-4-11-25-19(26)17-14-6-7-15(13-14)18(17)20(25)27/h6-7,14-18H,2-5,8-13H2,1H3,(H2,22,23,24). The first-order chi connectivity index (χ1) is 13.7. The van der Waals surface area contributed by atoms with E-state index in [1.807, 2.05) is 6.92 Å². The van der Waals surface area contributed by atoms with Crippen LogP contribution in [0.5, 0.6) is 0 Å². The Morgan fingerprint density at radius 2 is 1.96 bits per heavy atom. The first-order valence-electron chi connectivity index (χ1n) is 10.9. The average molecular weight is 389 g/mol. The smallest absolute Gasteiger partial charge is 0.233 e. The topological polar surface area (TPSA) is 83.0 Å². The number of hydrogen-bond acceptors (Lipinski definition) is 4. The van der Waals surface area contributed by atoms with E-state index in [0.717, 1.165) is 51.3 Å². The van der Waals surface area contributed by atoms with Gasteiger partial charge in [0, 0.05) is 32.8 Å². The third kappa shape index (κ3) is 3.81. The van der Waals surface area contributed by atoms with Crippen molar-refractivity contribution < 1.29 is 14.3 Å². The largest absolute Gasteiger partial charge is 0.378 e. The summed E-state index contributed by atoms with van der Waals surface area (Å²) in [5, 5.41) is 6.60. The molecule has 2 aliphatic carbocycles. The predicted molar refractivity (Wildman–Crippen MR) is 107 cm³/mol. The van der Waals surface area contributed by atoms with Crippen molar-refractivity contribution in [3.8, 4) is 0 Å². The first kappa shape index (κ1) is 19.4. The second-order valence-electron chi connectivity index (χ2n) is 8.29. The van der Waals surface area contributed by atoms with E-state index in [2.05, 4.69) is 27.8 Å². The molecule has 1 saturated carbocycles. The summed E-state index contributed by atoms with van der Waals surface area (Å²) in [5.74, 6) is 1.24. The van der Waals surface area contributed by atoms with Gasteiger partial charge in [0.1, 0.15) is 0 Å². The Kier molecular flexibility index (Phi) is 5.99. The zero-order valence-electron chi connectivity index (χ0n) is 16.7. The molecular weight excluding hydrogens is 356 g/mol. The highest BCUT2D eigenvalue weighted by molar-refractivity contribution is 6.06. The van der Waals surface area contributed by atoms with Gasteiger partial charge in [-0.1, -0.05) is 12.2 Å². The summed E-state index contributed by atoms with van der Waals surface area (Å²) in [6.07, 6.45) is 9.60. The molecule has 3 fully saturated rings. The number of nitrogens with one attached hydrogen (secondary N) is 2. The molecule has 0 spiro atoms. The molecule has 7 nitrogen and oxygen atoms in total. The fourth-order valence-corrected chi connectivity index (χ4v) is 5.17. The minimum Gasteiger partial charge on any atom is -0.378 e. The molecule has 7 heteroatoms. The van der Waals surface area contributed by atoms with Crippen molar-refractivity contribution in [2.75, 3.05) is 32.8 Å². The molecule has 28 heavy (non-hydrogen) atoms. The van der Waals surface area contributed by atoms with Crippen molar-refractivity contribution >= 4 is 17.8 Å². The van der Waals surface area contributed by atoms with Crippen molar-refractivity contribution in [2.45, 2.75) is 45.1 Å². The molecular formula is C21H32N4O3. The van der Waals surface area contributed by atoms with Gasteiger partial charge in [-0.05, 0) is 50.9 Å². The van der Waals surface area contributed by atoms with E-state index in [1.165, 1.54) is 4.90 Å². The Morgan fingerprint density at radius 1 is 1.21 bits per heavy atom. The van der Waals surface area contributed by atoms with E-state index in [-0.39, 0.29) is 35.5 Å². The Labute approximate surface area is 167 Å². The molecule has 2 amide bonds. The summed E-state index contributed by atoms with van der Waals surface area (Å²) < 4.78 is 5.65. The SMILES string of the molecule is CCNC(=NCCCN1C(=O)C2C3C=CC(C3)C2C1=O)NCCC1CCCO1. The Balaban J connectivity index is 1.22. The lowest BCUT2D eigenvalue weighted by Gasteiger charge is -2.17. The van der Waals surface area contributed by atoms with Crippen LogP contribution in [0.3, 0.4) is 0 Å². The second-order valence-corrected chi connectivity index (χ2v) is 8.29. The minimum atomic E-state index is -0.0946. The van der Waals surface area contributed by atoms with Crippen molar-refractivity contribution in [3.63, 3.8) is 0 Å². The molecule has 154 valence electrons. The maximum absolute atomic E-state index is 12.7. The maximum atomic E-state index is 12.7. The second kappa shape index (κ2) is 8.64. The van der Waals surface area contributed by atoms with Crippen molar-refractivity contribution in [1.82, 2.24) is 15.5 Å². The molecule has 4 rings (SSSR count). The molecule has 0 radical (unpaired) electrons. The van der Waals surface area contributed by atoms with Crippen LogP contribution in [0.4, 0.5) is 0 Å². The lowest BCUT2D eigenvalue weighted by Crippen LogP contribution is -2.39. The number of guanidine groups is 1. The zero-order chi connectivity index (χ0) is 19.5. The van der Waals surface area contributed by atoms with E-state index in [4.69, 9.17) is 4.74 Å². The van der Waals surface area contributed by atoms with E-state index >= 15 is 0 Å². The third-order valence-corrected chi connectivity index (χ3v) is 6.50. The molecule has 2 aliphatic heterocycles. The number of amides is 2. The molecule has 5 atom stereocenters. The average Bonchev–Trinajstić information content (AvgIpc) is 3.46. The van der Waals surface area contributed by atoms with Crippen LogP contribution < -0.4 is 10.6 Å². The summed E-state index contributed by atoms with van der Waals surface area (Å²) in [4.78, 5) is 31.5. The van der Waals surface area contributed by atoms with Crippen LogP contribution in [0.15, 0.2) is 17.1 Å². The molecule has 2 heterocycles. The molecule has 4 aliphatic rings. The first-order valence-corrected chi connectivity index (χ1v) is 10.9. The number of carbonyl (C=O) groups is 2. The van der Waals surface area contributed by atoms with E-state index in [1.54, 1.807) is 0 Å². The normalized spacial score (nSPS) is 33.8. The number of carbonyl (C=O) groups excluding carboxylic acids is 2. The summed E-state index contributed by atoms with van der Waals surface area (Å²) in [6.45, 7) is 5.62. The lowest BCUT2D eigenvalue weighted by atomic mass is 9.85. The van der Waals surface area contributed by atoms with Crippen LogP contribution in [0.25, 0.3) is 0 Å². The van der Waals surface area contributed by atoms with Crippen LogP contribution in [-0.4, -0.2) is 61.6 Å². The number of imide groups is 1. The van der Waals surface area contributed by atoms with Crippen LogP contribution in [0.1, 0.15) is 39.0 Å². The van der Waals surface area contributed by atoms with Crippen LogP contribution in [-0.2, 0) is 14.3 Å². The van der Waals surface area contributed by atoms with Gasteiger partial charge in [0.2, 0.25) is 11.8 Å². The number of ether oxygens (including phenoxy) is 1. The summed E-state index contributed by atoms with van der Waals surface area (Å²) >= 11 is 0. The van der Waals surface area contributed by atoms with Crippen LogP contribution >= 0.6 is 0 Å². The van der Waals surface area contributed by atoms with Gasteiger partial charge in [-0.25, -0.2) is 0 Å². The molecule has 5 unspecified atom stereocenters. The van der Waals surface area contributed by atoms with Gasteiger partial charge in [-0.3, -0.25) is 19.5 Å². The fourth-order valence-electron chi connectivity index (χ4n) is 5.17. The van der Waals surface area contributed by atoms with Crippen molar-refractivity contribution in [2.24, 2.45) is 28.7 Å². The maximum Gasteiger partial charge on any atom is 0.233 e. The summed E-state index contributed by atoms with van der Waals surface area (Å²) in [6, 6.07) is 0. The summed E-state index contributed by atoms with van der Waals surface area (Å²) in [5.41, 5.74) is 0. The number of likely N-dealkylation sites (tertiary alicyclic amines) is 1. The number of nitrogens with zero attached hydrogens (tertiary/aromatic N) is 2. The highest BCUT2D eigenvalue weighted by Crippen LogP contribution is 2.52. The van der Waals surface area contributed by atoms with Gasteiger partial charge in [-0.2, -0.15) is 0 Å². The van der Waals surface area contributed by atoms with Gasteiger partial charge >= 0.3 is 0 Å². The number of aliphatic imine (C=N–C) groups is 1. The number of allylic oxidation sites excluding steroid dienone is 2. The van der Waals surface area contributed by atoms with Crippen molar-refractivity contribution in [3.05, 3.63) is 12.2 Å². The quantitative estimate of drug-likeness (QED) is 0.215. The van der Waals surface area contributed by atoms with Gasteiger partial charge in [0.25, 0.3) is 0 Å². The fraction of sp³-hybridized carbons (Fsp3) is 0.762. The van der Waals surface area contributed by atoms with Gasteiger partial charge in [-0.15, -0.1) is 0 Å². The van der Waals surface area contributed by atoms with E-state index in [0.29, 0.717) is 25.6 Å². The van der Waals surface area contributed by atoms with Gasteiger partial charge < -0.3 is 15.4 Å². The summed E-state index contributed by atoms with van der Waals surface area (Å²) in [7, 11) is 0. The van der Waals surface area contributed by atoms with Gasteiger partial charge in [0.05, 0.1) is 17.9 Å². The number of hydrogen-bond donors (Lipinski definition) is 2. The lowest BCUT2D eigenvalue weighted by molar-refractivity contribution is -0.140. The monoisotopic (exact) mass is 388 g/mol. The van der Waals surface area contributed by atoms with Gasteiger partial charge in [0.15, 0.2) is 5.96 Å². The van der Waals surface area contributed by atoms with Crippen LogP contribution in [0, 0.1) is 23.7 Å². The minimum absolute atomic E-state index is 0.0393. The number of rotatable bonds is 8. The molecule has 2 bridgehead atoms. The van der Waals surface area contributed by atoms with E-state index in [9.17, 15) is 9.59 Å². The molecule has 2 saturated heterocycles. The molecule has 2 N–H and O–H groups in total. The molecule has 0 aromatic carbocycles. The Bertz CT molecular complexity index is 626. The predicted octanol–water partition coefficient (Wildman–Crippen LogP) is 1.31. The number of fused-ring (bicyclic) bond motifs is 5. The molecule has 0 aromatic heterocycles.